The van der Waals surface area contributed by atoms with Crippen LogP contribution in [0.25, 0.3) is 0 Å². The highest BCUT2D eigenvalue weighted by atomic mass is 16.4. The Morgan fingerprint density at radius 1 is 1.30 bits per heavy atom. The fourth-order valence-electron chi connectivity index (χ4n) is 2.06. The zero-order valence-corrected chi connectivity index (χ0v) is 10.8. The van der Waals surface area contributed by atoms with Gasteiger partial charge in [0.2, 0.25) is 5.91 Å². The summed E-state index contributed by atoms with van der Waals surface area (Å²) >= 11 is 0. The van der Waals surface area contributed by atoms with Gasteiger partial charge in [0.15, 0.2) is 5.76 Å². The van der Waals surface area contributed by atoms with Gasteiger partial charge in [0.1, 0.15) is 0 Å². The van der Waals surface area contributed by atoms with E-state index < -0.39 is 23.2 Å². The molecule has 0 saturated heterocycles. The predicted molar refractivity (Wildman–Crippen MR) is 68.0 cm³/mol. The highest BCUT2D eigenvalue weighted by molar-refractivity contribution is 5.94. The third-order valence-corrected chi connectivity index (χ3v) is 3.54. The van der Waals surface area contributed by atoms with Crippen LogP contribution in [0.3, 0.4) is 0 Å². The summed E-state index contributed by atoms with van der Waals surface area (Å²) in [6, 6.07) is 3.06. The first kappa shape index (κ1) is 14.1. The molecule has 1 saturated carbocycles. The second-order valence-electron chi connectivity index (χ2n) is 4.88. The molecule has 1 fully saturated rings. The van der Waals surface area contributed by atoms with E-state index in [1.807, 2.05) is 0 Å². The van der Waals surface area contributed by atoms with E-state index >= 15 is 0 Å². The number of rotatable bonds is 6. The van der Waals surface area contributed by atoms with E-state index in [1.54, 1.807) is 6.07 Å². The standard InChI is InChI=1S/C13H16N2O5/c16-10(7-14-11(17)9-3-1-6-20-9)15-8-13(12(18)19)4-2-5-13/h1,3,6H,2,4-5,7-8H2,(H,14,17)(H,15,16)(H,18,19). The molecule has 1 aliphatic carbocycles. The SMILES string of the molecule is O=C(CNC(=O)c1ccco1)NCC1(C(=O)O)CCC1. The molecule has 7 nitrogen and oxygen atoms in total. The van der Waals surface area contributed by atoms with Crippen LogP contribution in [-0.2, 0) is 9.59 Å². The lowest BCUT2D eigenvalue weighted by atomic mass is 9.69. The van der Waals surface area contributed by atoms with E-state index in [0.717, 1.165) is 6.42 Å². The van der Waals surface area contributed by atoms with Crippen LogP contribution in [0.4, 0.5) is 0 Å². The Hall–Kier alpha value is -2.31. The molecule has 7 heteroatoms. The smallest absolute Gasteiger partial charge is 0.311 e. The van der Waals surface area contributed by atoms with Gasteiger partial charge in [-0.2, -0.15) is 0 Å². The second-order valence-corrected chi connectivity index (χ2v) is 4.88. The Labute approximate surface area is 115 Å². The Morgan fingerprint density at radius 3 is 2.55 bits per heavy atom. The van der Waals surface area contributed by atoms with Crippen LogP contribution in [-0.4, -0.2) is 36.0 Å². The summed E-state index contributed by atoms with van der Waals surface area (Å²) < 4.78 is 4.88. The third kappa shape index (κ3) is 2.98. The number of carboxylic acids is 1. The molecule has 0 unspecified atom stereocenters. The van der Waals surface area contributed by atoms with Crippen molar-refractivity contribution in [2.75, 3.05) is 13.1 Å². The summed E-state index contributed by atoms with van der Waals surface area (Å²) in [7, 11) is 0. The van der Waals surface area contributed by atoms with Gasteiger partial charge in [-0.05, 0) is 25.0 Å². The largest absolute Gasteiger partial charge is 0.481 e. The number of aliphatic carboxylic acids is 1. The van der Waals surface area contributed by atoms with Crippen LogP contribution >= 0.6 is 0 Å². The van der Waals surface area contributed by atoms with Crippen LogP contribution in [0.5, 0.6) is 0 Å². The summed E-state index contributed by atoms with van der Waals surface area (Å²) in [6.07, 6.45) is 3.36. The molecule has 3 N–H and O–H groups in total. The summed E-state index contributed by atoms with van der Waals surface area (Å²) in [5, 5.41) is 14.0. The van der Waals surface area contributed by atoms with E-state index in [4.69, 9.17) is 9.52 Å². The lowest BCUT2D eigenvalue weighted by Gasteiger charge is -2.37. The van der Waals surface area contributed by atoms with Crippen LogP contribution in [0.15, 0.2) is 22.8 Å². The van der Waals surface area contributed by atoms with Gasteiger partial charge in [-0.15, -0.1) is 0 Å². The molecule has 1 heterocycles. The lowest BCUT2D eigenvalue weighted by molar-refractivity contribution is -0.154. The minimum absolute atomic E-state index is 0.0950. The van der Waals surface area contributed by atoms with Crippen molar-refractivity contribution >= 4 is 17.8 Å². The molecule has 1 aromatic rings. The molecule has 0 aromatic carbocycles. The third-order valence-electron chi connectivity index (χ3n) is 3.54. The van der Waals surface area contributed by atoms with Crippen molar-refractivity contribution in [3.8, 4) is 0 Å². The first-order chi connectivity index (χ1) is 9.53. The quantitative estimate of drug-likeness (QED) is 0.698. The molecule has 0 aliphatic heterocycles. The van der Waals surface area contributed by atoms with E-state index in [9.17, 15) is 14.4 Å². The van der Waals surface area contributed by atoms with Gasteiger partial charge < -0.3 is 20.2 Å². The number of carbonyl (C=O) groups is 3. The first-order valence-electron chi connectivity index (χ1n) is 6.35. The van der Waals surface area contributed by atoms with Crippen LogP contribution in [0.2, 0.25) is 0 Å². The maximum Gasteiger partial charge on any atom is 0.311 e. The minimum atomic E-state index is -0.885. The number of nitrogens with one attached hydrogen (secondary N) is 2. The molecule has 0 bridgehead atoms. The van der Waals surface area contributed by atoms with Crippen molar-refractivity contribution in [3.05, 3.63) is 24.2 Å². The molecular formula is C13H16N2O5. The summed E-state index contributed by atoms with van der Waals surface area (Å²) in [5.41, 5.74) is -0.833. The number of hydrogen-bond donors (Lipinski definition) is 3. The molecule has 108 valence electrons. The molecule has 1 aromatic heterocycles. The summed E-state index contributed by atoms with van der Waals surface area (Å²) in [6.45, 7) is -0.118. The topological polar surface area (TPSA) is 109 Å². The number of carbonyl (C=O) groups excluding carboxylic acids is 2. The lowest BCUT2D eigenvalue weighted by Crippen LogP contribution is -2.49. The molecular weight excluding hydrogens is 264 g/mol. The summed E-state index contributed by atoms with van der Waals surface area (Å²) in [4.78, 5) is 34.2. The van der Waals surface area contributed by atoms with Crippen molar-refractivity contribution in [1.29, 1.82) is 0 Å². The summed E-state index contributed by atoms with van der Waals surface area (Å²) in [5.74, 6) is -1.67. The number of hydrogen-bond acceptors (Lipinski definition) is 4. The number of furan rings is 1. The van der Waals surface area contributed by atoms with Gasteiger partial charge in [0, 0.05) is 6.54 Å². The monoisotopic (exact) mass is 280 g/mol. The van der Waals surface area contributed by atoms with E-state index in [1.165, 1.54) is 12.3 Å². The van der Waals surface area contributed by atoms with E-state index in [2.05, 4.69) is 10.6 Å². The number of carboxylic acid groups (broad SMARTS) is 1. The minimum Gasteiger partial charge on any atom is -0.481 e. The average molecular weight is 280 g/mol. The van der Waals surface area contributed by atoms with Crippen molar-refractivity contribution in [2.45, 2.75) is 19.3 Å². The van der Waals surface area contributed by atoms with Crippen molar-refractivity contribution in [3.63, 3.8) is 0 Å². The average Bonchev–Trinajstić information content (AvgIpc) is 2.88. The highest BCUT2D eigenvalue weighted by Gasteiger charge is 2.44. The molecule has 2 amide bonds. The van der Waals surface area contributed by atoms with Gasteiger partial charge in [-0.1, -0.05) is 6.42 Å². The number of amides is 2. The van der Waals surface area contributed by atoms with Crippen molar-refractivity contribution < 1.29 is 23.9 Å². The van der Waals surface area contributed by atoms with Crippen LogP contribution < -0.4 is 10.6 Å². The maximum atomic E-state index is 11.6. The second kappa shape index (κ2) is 5.77. The van der Waals surface area contributed by atoms with E-state index in [-0.39, 0.29) is 18.8 Å². The van der Waals surface area contributed by atoms with Gasteiger partial charge in [-0.3, -0.25) is 14.4 Å². The Balaban J connectivity index is 1.73. The van der Waals surface area contributed by atoms with Gasteiger partial charge in [-0.25, -0.2) is 0 Å². The van der Waals surface area contributed by atoms with Gasteiger partial charge in [0.25, 0.3) is 5.91 Å². The maximum absolute atomic E-state index is 11.6. The molecule has 1 aliphatic rings. The Bertz CT molecular complexity index is 505. The van der Waals surface area contributed by atoms with Crippen LogP contribution in [0.1, 0.15) is 29.8 Å². The van der Waals surface area contributed by atoms with Gasteiger partial charge >= 0.3 is 5.97 Å². The fourth-order valence-corrected chi connectivity index (χ4v) is 2.06. The van der Waals surface area contributed by atoms with Gasteiger partial charge in [0.05, 0.1) is 18.2 Å². The normalized spacial score (nSPS) is 16.0. The molecule has 0 spiro atoms. The molecule has 0 radical (unpaired) electrons. The van der Waals surface area contributed by atoms with Crippen LogP contribution in [0, 0.1) is 5.41 Å². The zero-order valence-electron chi connectivity index (χ0n) is 10.8. The fraction of sp³-hybridized carbons (Fsp3) is 0.462. The molecule has 20 heavy (non-hydrogen) atoms. The Morgan fingerprint density at radius 2 is 2.05 bits per heavy atom. The predicted octanol–water partition coefficient (Wildman–Crippen LogP) is 0.380. The molecule has 0 atom stereocenters. The van der Waals surface area contributed by atoms with Crippen molar-refractivity contribution in [2.24, 2.45) is 5.41 Å². The Kier molecular flexibility index (Phi) is 4.07. The van der Waals surface area contributed by atoms with E-state index in [0.29, 0.717) is 12.8 Å². The zero-order chi connectivity index (χ0) is 14.6. The first-order valence-corrected chi connectivity index (χ1v) is 6.35. The van der Waals surface area contributed by atoms with Crippen molar-refractivity contribution in [1.82, 2.24) is 10.6 Å². The highest BCUT2D eigenvalue weighted by Crippen LogP contribution is 2.40. The molecule has 2 rings (SSSR count).